The molecule has 0 amide bonds. The number of aryl methyl sites for hydroxylation is 3. The van der Waals surface area contributed by atoms with Crippen LogP contribution in [-0.4, -0.2) is 12.0 Å². The Morgan fingerprint density at radius 3 is 2.32 bits per heavy atom. The molecule has 0 saturated heterocycles. The first-order valence-corrected chi connectivity index (χ1v) is 6.85. The van der Waals surface area contributed by atoms with Crippen LogP contribution in [0.5, 0.6) is 0 Å². The molecule has 1 aromatic heterocycles. The van der Waals surface area contributed by atoms with Crippen molar-refractivity contribution in [3.8, 4) is 0 Å². The van der Waals surface area contributed by atoms with E-state index in [1.807, 2.05) is 20.9 Å². The second kappa shape index (κ2) is 5.98. The third-order valence-electron chi connectivity index (χ3n) is 3.42. The fourth-order valence-electron chi connectivity index (χ4n) is 2.55. The van der Waals surface area contributed by atoms with Crippen molar-refractivity contribution in [2.45, 2.75) is 33.2 Å². The Labute approximate surface area is 115 Å². The number of hydrogen-bond acceptors (Lipinski definition) is 2. The summed E-state index contributed by atoms with van der Waals surface area (Å²) in [4.78, 5) is 4.45. The smallest absolute Gasteiger partial charge is 0.0575 e. The molecular weight excluding hydrogens is 232 g/mol. The van der Waals surface area contributed by atoms with Crippen LogP contribution in [0.3, 0.4) is 0 Å². The van der Waals surface area contributed by atoms with Gasteiger partial charge >= 0.3 is 0 Å². The molecule has 100 valence electrons. The van der Waals surface area contributed by atoms with Gasteiger partial charge in [0, 0.05) is 11.4 Å². The minimum Gasteiger partial charge on any atom is -0.309 e. The predicted molar refractivity (Wildman–Crippen MR) is 80.4 cm³/mol. The van der Waals surface area contributed by atoms with E-state index in [-0.39, 0.29) is 6.04 Å². The highest BCUT2D eigenvalue weighted by Crippen LogP contribution is 2.23. The van der Waals surface area contributed by atoms with E-state index in [4.69, 9.17) is 0 Å². The maximum atomic E-state index is 4.45. The minimum atomic E-state index is 0.229. The number of hydrogen-bond donors (Lipinski definition) is 1. The maximum absolute atomic E-state index is 4.45. The van der Waals surface area contributed by atoms with Gasteiger partial charge in [0.25, 0.3) is 0 Å². The van der Waals surface area contributed by atoms with Crippen molar-refractivity contribution >= 4 is 0 Å². The zero-order chi connectivity index (χ0) is 13.8. The normalized spacial score (nSPS) is 12.4. The molecule has 0 radical (unpaired) electrons. The average Bonchev–Trinajstić information content (AvgIpc) is 2.39. The van der Waals surface area contributed by atoms with Crippen LogP contribution in [0.25, 0.3) is 0 Å². The molecule has 1 atom stereocenters. The van der Waals surface area contributed by atoms with Crippen LogP contribution in [0.2, 0.25) is 0 Å². The molecular formula is C17H22N2. The highest BCUT2D eigenvalue weighted by Gasteiger charge is 2.13. The minimum absolute atomic E-state index is 0.229. The van der Waals surface area contributed by atoms with Gasteiger partial charge in [-0.2, -0.15) is 0 Å². The van der Waals surface area contributed by atoms with E-state index in [2.05, 4.69) is 53.6 Å². The van der Waals surface area contributed by atoms with Gasteiger partial charge in [-0.25, -0.2) is 0 Å². The highest BCUT2D eigenvalue weighted by atomic mass is 14.9. The maximum Gasteiger partial charge on any atom is 0.0575 e. The number of aromatic nitrogens is 1. The van der Waals surface area contributed by atoms with Crippen LogP contribution in [0.1, 0.15) is 41.0 Å². The monoisotopic (exact) mass is 254 g/mol. The highest BCUT2D eigenvalue weighted by molar-refractivity contribution is 5.35. The van der Waals surface area contributed by atoms with Gasteiger partial charge in [-0.1, -0.05) is 31.2 Å². The Bertz CT molecular complexity index is 541. The number of benzene rings is 1. The van der Waals surface area contributed by atoms with E-state index in [0.717, 1.165) is 17.8 Å². The largest absolute Gasteiger partial charge is 0.309 e. The van der Waals surface area contributed by atoms with Crippen LogP contribution in [0.15, 0.2) is 36.4 Å². The molecule has 0 saturated carbocycles. The first kappa shape index (κ1) is 13.8. The zero-order valence-electron chi connectivity index (χ0n) is 12.2. The fraction of sp³-hybridized carbons (Fsp3) is 0.353. The van der Waals surface area contributed by atoms with Crippen molar-refractivity contribution in [3.05, 3.63) is 64.5 Å². The van der Waals surface area contributed by atoms with Crippen molar-refractivity contribution in [1.82, 2.24) is 10.3 Å². The summed E-state index contributed by atoms with van der Waals surface area (Å²) < 4.78 is 0. The molecule has 1 aromatic carbocycles. The molecule has 0 spiro atoms. The number of nitrogens with one attached hydrogen (secondary N) is 1. The van der Waals surface area contributed by atoms with Crippen LogP contribution >= 0.6 is 0 Å². The third-order valence-corrected chi connectivity index (χ3v) is 3.42. The van der Waals surface area contributed by atoms with Crippen molar-refractivity contribution in [1.29, 1.82) is 0 Å². The molecule has 0 aliphatic rings. The quantitative estimate of drug-likeness (QED) is 0.902. The van der Waals surface area contributed by atoms with Crippen molar-refractivity contribution in [2.75, 3.05) is 7.05 Å². The van der Waals surface area contributed by atoms with E-state index in [9.17, 15) is 0 Å². The van der Waals surface area contributed by atoms with Crippen LogP contribution < -0.4 is 5.32 Å². The topological polar surface area (TPSA) is 24.9 Å². The number of nitrogens with zero attached hydrogens (tertiary/aromatic N) is 1. The number of pyridine rings is 1. The van der Waals surface area contributed by atoms with Gasteiger partial charge in [-0.05, 0) is 56.1 Å². The molecule has 0 aliphatic heterocycles. The predicted octanol–water partition coefficient (Wildman–Crippen LogP) is 3.57. The van der Waals surface area contributed by atoms with Gasteiger partial charge in [0.05, 0.1) is 6.04 Å². The molecule has 19 heavy (non-hydrogen) atoms. The summed E-state index contributed by atoms with van der Waals surface area (Å²) in [5.74, 6) is 0. The molecule has 1 N–H and O–H groups in total. The lowest BCUT2D eigenvalue weighted by atomic mass is 9.96. The lowest BCUT2D eigenvalue weighted by Crippen LogP contribution is -2.18. The second-order valence-corrected chi connectivity index (χ2v) is 5.00. The van der Waals surface area contributed by atoms with Crippen molar-refractivity contribution < 1.29 is 0 Å². The van der Waals surface area contributed by atoms with Gasteiger partial charge < -0.3 is 5.32 Å². The van der Waals surface area contributed by atoms with Crippen molar-refractivity contribution in [3.63, 3.8) is 0 Å². The van der Waals surface area contributed by atoms with E-state index in [0.29, 0.717) is 0 Å². The van der Waals surface area contributed by atoms with E-state index >= 15 is 0 Å². The van der Waals surface area contributed by atoms with Gasteiger partial charge in [-0.15, -0.1) is 0 Å². The summed E-state index contributed by atoms with van der Waals surface area (Å²) >= 11 is 0. The van der Waals surface area contributed by atoms with Gasteiger partial charge in [0.2, 0.25) is 0 Å². The number of rotatable bonds is 4. The molecule has 2 nitrogen and oxygen atoms in total. The molecule has 2 heteroatoms. The summed E-state index contributed by atoms with van der Waals surface area (Å²) in [5, 5.41) is 3.41. The van der Waals surface area contributed by atoms with Gasteiger partial charge in [0.15, 0.2) is 0 Å². The molecule has 2 rings (SSSR count). The second-order valence-electron chi connectivity index (χ2n) is 5.00. The van der Waals surface area contributed by atoms with E-state index in [1.54, 1.807) is 0 Å². The molecule has 0 bridgehead atoms. The van der Waals surface area contributed by atoms with Gasteiger partial charge in [-0.3, -0.25) is 4.98 Å². The van der Waals surface area contributed by atoms with Crippen LogP contribution in [0, 0.1) is 13.8 Å². The fourth-order valence-corrected chi connectivity index (χ4v) is 2.55. The average molecular weight is 254 g/mol. The Kier molecular flexibility index (Phi) is 4.33. The van der Waals surface area contributed by atoms with E-state index < -0.39 is 0 Å². The molecule has 2 aromatic rings. The summed E-state index contributed by atoms with van der Waals surface area (Å²) in [6.45, 7) is 6.28. The van der Waals surface area contributed by atoms with Crippen LogP contribution in [0.4, 0.5) is 0 Å². The molecule has 1 heterocycles. The third kappa shape index (κ3) is 3.21. The summed E-state index contributed by atoms with van der Waals surface area (Å²) in [7, 11) is 2.01. The lowest BCUT2D eigenvalue weighted by Gasteiger charge is -2.19. The van der Waals surface area contributed by atoms with E-state index in [1.165, 1.54) is 16.7 Å². The zero-order valence-corrected chi connectivity index (χ0v) is 12.2. The first-order valence-electron chi connectivity index (χ1n) is 6.85. The lowest BCUT2D eigenvalue weighted by molar-refractivity contribution is 0.687. The standard InChI is InChI=1S/C17H22N2/c1-5-14-7-6-8-15(11-14)17(18-4)16-9-12(2)19-13(3)10-16/h6-11,17-18H,5H2,1-4H3. The Morgan fingerprint density at radius 1 is 1.05 bits per heavy atom. The SMILES string of the molecule is CCc1cccc(C(NC)c2cc(C)nc(C)c2)c1. The summed E-state index contributed by atoms with van der Waals surface area (Å²) in [6.07, 6.45) is 1.07. The molecule has 0 aliphatic carbocycles. The Balaban J connectivity index is 2.43. The Morgan fingerprint density at radius 2 is 1.74 bits per heavy atom. The molecule has 0 fully saturated rings. The first-order chi connectivity index (χ1) is 9.13. The van der Waals surface area contributed by atoms with Gasteiger partial charge in [0.1, 0.15) is 0 Å². The summed E-state index contributed by atoms with van der Waals surface area (Å²) in [5.41, 5.74) is 6.11. The van der Waals surface area contributed by atoms with Crippen molar-refractivity contribution in [2.24, 2.45) is 0 Å². The Hall–Kier alpha value is -1.67. The molecule has 1 unspecified atom stereocenters. The van der Waals surface area contributed by atoms with Crippen LogP contribution in [-0.2, 0) is 6.42 Å². The summed E-state index contributed by atoms with van der Waals surface area (Å²) in [6, 6.07) is 13.3.